The third-order valence-electron chi connectivity index (χ3n) is 4.36. The van der Waals surface area contributed by atoms with Crippen molar-refractivity contribution in [2.24, 2.45) is 0 Å². The van der Waals surface area contributed by atoms with Crippen LogP contribution in [0.25, 0.3) is 21.5 Å². The third kappa shape index (κ3) is 3.06. The molecule has 0 saturated heterocycles. The predicted molar refractivity (Wildman–Crippen MR) is 101 cm³/mol. The molecule has 4 aromatic carbocycles. The number of carboxylic acids is 1. The van der Waals surface area contributed by atoms with Gasteiger partial charge in [0.25, 0.3) is 0 Å². The average Bonchev–Trinajstić information content (AvgIpc) is 2.67. The van der Waals surface area contributed by atoms with Crippen LogP contribution in [0.3, 0.4) is 0 Å². The summed E-state index contributed by atoms with van der Waals surface area (Å²) in [5.41, 5.74) is 0.0303. The molecule has 4 rings (SSSR count). The summed E-state index contributed by atoms with van der Waals surface area (Å²) >= 11 is 0. The fourth-order valence-electron chi connectivity index (χ4n) is 3.04. The van der Waals surface area contributed by atoms with Gasteiger partial charge in [-0.1, -0.05) is 48.5 Å². The molecule has 132 valence electrons. The van der Waals surface area contributed by atoms with Crippen molar-refractivity contribution in [3.63, 3.8) is 0 Å². The Morgan fingerprint density at radius 1 is 0.778 bits per heavy atom. The number of fused-ring (bicyclic) bond motifs is 2. The zero-order chi connectivity index (χ0) is 19.0. The molecule has 27 heavy (non-hydrogen) atoms. The minimum absolute atomic E-state index is 0.0427. The Labute approximate surface area is 154 Å². The standard InChI is InChI=1S/C22H14O5/c23-19-11-16(9-15-7-3-4-8-17(15)19)22(26)27-20-12-14-6-2-1-5-13(14)10-18(20)21(24)25/h1-12,23H,(H,24,25). The van der Waals surface area contributed by atoms with Gasteiger partial charge in [0.05, 0.1) is 5.56 Å². The lowest BCUT2D eigenvalue weighted by Gasteiger charge is -2.10. The van der Waals surface area contributed by atoms with E-state index in [1.54, 1.807) is 48.5 Å². The number of phenols is 1. The Kier molecular flexibility index (Phi) is 3.97. The van der Waals surface area contributed by atoms with Gasteiger partial charge in [-0.3, -0.25) is 0 Å². The van der Waals surface area contributed by atoms with E-state index in [1.807, 2.05) is 6.07 Å². The van der Waals surface area contributed by atoms with Crippen LogP contribution in [0.1, 0.15) is 20.7 Å². The molecule has 0 saturated carbocycles. The number of rotatable bonds is 3. The number of hydrogen-bond donors (Lipinski definition) is 2. The van der Waals surface area contributed by atoms with Crippen LogP contribution < -0.4 is 4.74 Å². The molecule has 0 heterocycles. The fraction of sp³-hybridized carbons (Fsp3) is 0. The van der Waals surface area contributed by atoms with E-state index in [4.69, 9.17) is 4.74 Å². The number of esters is 1. The Morgan fingerprint density at radius 2 is 1.41 bits per heavy atom. The molecule has 0 bridgehead atoms. The molecule has 5 heteroatoms. The van der Waals surface area contributed by atoms with Gasteiger partial charge in [0.2, 0.25) is 0 Å². The summed E-state index contributed by atoms with van der Waals surface area (Å²) in [5, 5.41) is 22.4. The van der Waals surface area contributed by atoms with Crippen molar-refractivity contribution in [3.05, 3.63) is 83.9 Å². The van der Waals surface area contributed by atoms with Gasteiger partial charge in [0, 0.05) is 5.39 Å². The number of ether oxygens (including phenoxy) is 1. The molecule has 0 fully saturated rings. The second-order valence-electron chi connectivity index (χ2n) is 6.11. The smallest absolute Gasteiger partial charge is 0.343 e. The van der Waals surface area contributed by atoms with E-state index in [0.29, 0.717) is 10.8 Å². The maximum atomic E-state index is 12.6. The largest absolute Gasteiger partial charge is 0.507 e. The second kappa shape index (κ2) is 6.46. The average molecular weight is 358 g/mol. The second-order valence-corrected chi connectivity index (χ2v) is 6.11. The van der Waals surface area contributed by atoms with Crippen molar-refractivity contribution < 1.29 is 24.5 Å². The summed E-state index contributed by atoms with van der Waals surface area (Å²) in [7, 11) is 0. The van der Waals surface area contributed by atoms with Gasteiger partial charge in [-0.2, -0.15) is 0 Å². The highest BCUT2D eigenvalue weighted by Gasteiger charge is 2.18. The molecule has 0 amide bonds. The number of carbonyl (C=O) groups excluding carboxylic acids is 1. The molecular weight excluding hydrogens is 344 g/mol. The topological polar surface area (TPSA) is 83.8 Å². The number of aromatic hydroxyl groups is 1. The van der Waals surface area contributed by atoms with Crippen LogP contribution in [-0.2, 0) is 0 Å². The van der Waals surface area contributed by atoms with Crippen LogP contribution in [0.15, 0.2) is 72.8 Å². The maximum Gasteiger partial charge on any atom is 0.343 e. The zero-order valence-electron chi connectivity index (χ0n) is 14.0. The van der Waals surface area contributed by atoms with E-state index in [9.17, 15) is 19.8 Å². The van der Waals surface area contributed by atoms with Crippen molar-refractivity contribution in [1.29, 1.82) is 0 Å². The van der Waals surface area contributed by atoms with Crippen LogP contribution >= 0.6 is 0 Å². The summed E-state index contributed by atoms with van der Waals surface area (Å²) < 4.78 is 5.37. The molecule has 0 radical (unpaired) electrons. The van der Waals surface area contributed by atoms with Crippen LogP contribution in [0, 0.1) is 0 Å². The highest BCUT2D eigenvalue weighted by atomic mass is 16.5. The van der Waals surface area contributed by atoms with Crippen molar-refractivity contribution in [3.8, 4) is 11.5 Å². The number of phenolic OH excluding ortho intramolecular Hbond substituents is 1. The molecular formula is C22H14O5. The van der Waals surface area contributed by atoms with E-state index in [-0.39, 0.29) is 22.6 Å². The van der Waals surface area contributed by atoms with Crippen LogP contribution in [0.2, 0.25) is 0 Å². The summed E-state index contributed by atoms with van der Waals surface area (Å²) in [6, 6.07) is 20.2. The summed E-state index contributed by atoms with van der Waals surface area (Å²) in [6.45, 7) is 0. The van der Waals surface area contributed by atoms with E-state index in [2.05, 4.69) is 0 Å². The number of hydrogen-bond acceptors (Lipinski definition) is 4. The first-order valence-corrected chi connectivity index (χ1v) is 8.23. The summed E-state index contributed by atoms with van der Waals surface area (Å²) in [5.74, 6) is -2.02. The molecule has 0 unspecified atom stereocenters. The first-order valence-electron chi connectivity index (χ1n) is 8.23. The Morgan fingerprint density at radius 3 is 2.11 bits per heavy atom. The lowest BCUT2D eigenvalue weighted by Crippen LogP contribution is -2.11. The molecule has 4 aromatic rings. The molecule has 0 aliphatic rings. The van der Waals surface area contributed by atoms with Crippen molar-refractivity contribution >= 4 is 33.5 Å². The van der Waals surface area contributed by atoms with Gasteiger partial charge in [0.1, 0.15) is 17.1 Å². The normalized spacial score (nSPS) is 10.8. The molecule has 2 N–H and O–H groups in total. The molecule has 0 atom stereocenters. The van der Waals surface area contributed by atoms with Gasteiger partial charge >= 0.3 is 11.9 Å². The SMILES string of the molecule is O=C(Oc1cc2ccccc2cc1C(=O)O)c1cc(O)c2ccccc2c1. The minimum atomic E-state index is -1.19. The first-order chi connectivity index (χ1) is 13.0. The van der Waals surface area contributed by atoms with Gasteiger partial charge in [-0.25, -0.2) is 9.59 Å². The molecule has 0 spiro atoms. The summed E-state index contributed by atoms with van der Waals surface area (Å²) in [6.07, 6.45) is 0. The van der Waals surface area contributed by atoms with Crippen LogP contribution in [0.5, 0.6) is 11.5 Å². The number of carbonyl (C=O) groups is 2. The lowest BCUT2D eigenvalue weighted by atomic mass is 10.0. The van der Waals surface area contributed by atoms with Crippen LogP contribution in [-0.4, -0.2) is 22.2 Å². The third-order valence-corrected chi connectivity index (χ3v) is 4.36. The van der Waals surface area contributed by atoms with E-state index in [1.165, 1.54) is 18.2 Å². The highest BCUT2D eigenvalue weighted by Crippen LogP contribution is 2.29. The Bertz CT molecular complexity index is 1210. The predicted octanol–water partition coefficient (Wildman–Crippen LogP) is 4.62. The fourth-order valence-corrected chi connectivity index (χ4v) is 3.04. The van der Waals surface area contributed by atoms with Crippen LogP contribution in [0.4, 0.5) is 0 Å². The first kappa shape index (κ1) is 16.6. The number of aromatic carboxylic acids is 1. The molecule has 0 aromatic heterocycles. The lowest BCUT2D eigenvalue weighted by molar-refractivity contribution is 0.0681. The maximum absolute atomic E-state index is 12.6. The van der Waals surface area contributed by atoms with Crippen molar-refractivity contribution in [2.75, 3.05) is 0 Å². The monoisotopic (exact) mass is 358 g/mol. The van der Waals surface area contributed by atoms with Gasteiger partial charge in [-0.05, 0) is 40.4 Å². The quantitative estimate of drug-likeness (QED) is 0.412. The van der Waals surface area contributed by atoms with E-state index >= 15 is 0 Å². The Balaban J connectivity index is 1.76. The number of carboxylic acid groups (broad SMARTS) is 1. The minimum Gasteiger partial charge on any atom is -0.507 e. The van der Waals surface area contributed by atoms with E-state index in [0.717, 1.165) is 10.8 Å². The van der Waals surface area contributed by atoms with Crippen molar-refractivity contribution in [1.82, 2.24) is 0 Å². The Hall–Kier alpha value is -3.86. The molecule has 0 aliphatic heterocycles. The van der Waals surface area contributed by atoms with Gasteiger partial charge in [0.15, 0.2) is 0 Å². The molecule has 0 aliphatic carbocycles. The highest BCUT2D eigenvalue weighted by molar-refractivity contribution is 6.02. The van der Waals surface area contributed by atoms with Gasteiger partial charge < -0.3 is 14.9 Å². The van der Waals surface area contributed by atoms with Crippen molar-refractivity contribution in [2.45, 2.75) is 0 Å². The molecule has 5 nitrogen and oxygen atoms in total. The van der Waals surface area contributed by atoms with Gasteiger partial charge in [-0.15, -0.1) is 0 Å². The zero-order valence-corrected chi connectivity index (χ0v) is 14.0. The summed E-state index contributed by atoms with van der Waals surface area (Å²) in [4.78, 5) is 24.2. The number of benzene rings is 4. The van der Waals surface area contributed by atoms with E-state index < -0.39 is 11.9 Å².